The van der Waals surface area contributed by atoms with Crippen molar-refractivity contribution >= 4 is 11.6 Å². The minimum absolute atomic E-state index is 0.111. The van der Waals surface area contributed by atoms with Gasteiger partial charge in [-0.25, -0.2) is 4.98 Å². The van der Waals surface area contributed by atoms with Crippen LogP contribution in [0.1, 0.15) is 47.3 Å². The Bertz CT molecular complexity index is 996. The zero-order chi connectivity index (χ0) is 24.1. The summed E-state index contributed by atoms with van der Waals surface area (Å²) in [5.74, 6) is 0.261. The van der Waals surface area contributed by atoms with E-state index in [1.54, 1.807) is 4.90 Å². The quantitative estimate of drug-likeness (QED) is 0.470. The van der Waals surface area contributed by atoms with Crippen molar-refractivity contribution in [2.24, 2.45) is 5.92 Å². The molecular weight excluding hydrogens is 446 g/mol. The summed E-state index contributed by atoms with van der Waals surface area (Å²) in [6, 6.07) is 3.94. The van der Waals surface area contributed by atoms with Crippen LogP contribution in [0, 0.1) is 26.7 Å². The summed E-state index contributed by atoms with van der Waals surface area (Å²) in [5.41, 5.74) is 2.42. The number of imidazole rings is 1. The zero-order valence-corrected chi connectivity index (χ0v) is 18.9. The molecule has 2 aromatic rings. The second-order valence-corrected chi connectivity index (χ2v) is 9.34. The van der Waals surface area contributed by atoms with Crippen LogP contribution in [0.25, 0.3) is 0 Å². The van der Waals surface area contributed by atoms with Crippen molar-refractivity contribution in [1.29, 1.82) is 0 Å². The van der Waals surface area contributed by atoms with Gasteiger partial charge in [-0.3, -0.25) is 4.90 Å². The predicted molar refractivity (Wildman–Crippen MR) is 114 cm³/mol. The first-order chi connectivity index (χ1) is 15.3. The molecule has 1 aromatic carbocycles. The van der Waals surface area contributed by atoms with E-state index in [-0.39, 0.29) is 30.6 Å². The van der Waals surface area contributed by atoms with Crippen LogP contribution >= 0.6 is 0 Å². The molecule has 0 saturated heterocycles. The summed E-state index contributed by atoms with van der Waals surface area (Å²) < 4.78 is 83.1. The number of rotatable bonds is 6. The molecule has 0 spiro atoms. The lowest BCUT2D eigenvalue weighted by molar-refractivity contribution is -0.149. The van der Waals surface area contributed by atoms with Crippen molar-refractivity contribution in [3.63, 3.8) is 0 Å². The molecule has 10 heteroatoms. The number of alkyl halides is 6. The molecule has 33 heavy (non-hydrogen) atoms. The van der Waals surface area contributed by atoms with Crippen molar-refractivity contribution in [2.75, 3.05) is 24.5 Å². The van der Waals surface area contributed by atoms with Gasteiger partial charge in [-0.15, -0.1) is 0 Å². The van der Waals surface area contributed by atoms with E-state index >= 15 is 0 Å². The molecule has 2 heterocycles. The number of nitrogens with zero attached hydrogens (tertiary/aromatic N) is 4. The van der Waals surface area contributed by atoms with E-state index in [1.165, 1.54) is 4.57 Å². The second kappa shape index (κ2) is 8.52. The van der Waals surface area contributed by atoms with Gasteiger partial charge in [0.25, 0.3) is 0 Å². The Morgan fingerprint density at radius 2 is 1.64 bits per heavy atom. The van der Waals surface area contributed by atoms with Crippen LogP contribution in [0.15, 0.2) is 12.1 Å². The Balaban J connectivity index is 1.77. The fraction of sp³-hybridized carbons (Fsp3) is 0.609. The van der Waals surface area contributed by atoms with Gasteiger partial charge in [0.15, 0.2) is 5.69 Å². The van der Waals surface area contributed by atoms with Crippen molar-refractivity contribution < 1.29 is 26.3 Å². The maximum atomic E-state index is 14.0. The van der Waals surface area contributed by atoms with Gasteiger partial charge in [0.1, 0.15) is 0 Å². The molecule has 1 aliphatic heterocycles. The third-order valence-electron chi connectivity index (χ3n) is 6.22. The Kier molecular flexibility index (Phi) is 6.18. The van der Waals surface area contributed by atoms with E-state index < -0.39 is 31.1 Å². The van der Waals surface area contributed by atoms with Gasteiger partial charge in [0.2, 0.25) is 5.95 Å². The largest absolute Gasteiger partial charge is 0.435 e. The van der Waals surface area contributed by atoms with Gasteiger partial charge in [-0.05, 0) is 57.1 Å². The number of aromatic nitrogens is 2. The number of halogens is 6. The van der Waals surface area contributed by atoms with Crippen LogP contribution in [0.5, 0.6) is 0 Å². The lowest BCUT2D eigenvalue weighted by Crippen LogP contribution is -2.37. The second-order valence-electron chi connectivity index (χ2n) is 9.34. The minimum Gasteiger partial charge on any atom is -0.312 e. The Morgan fingerprint density at radius 1 is 1.00 bits per heavy atom. The van der Waals surface area contributed by atoms with Gasteiger partial charge in [-0.1, -0.05) is 17.7 Å². The molecule has 1 fully saturated rings. The maximum Gasteiger partial charge on any atom is 0.435 e. The van der Waals surface area contributed by atoms with Crippen molar-refractivity contribution in [1.82, 2.24) is 14.5 Å². The minimum atomic E-state index is -4.76. The Labute approximate surface area is 189 Å². The Morgan fingerprint density at radius 3 is 2.18 bits per heavy atom. The number of fused-ring (bicyclic) bond motifs is 1. The first-order valence-corrected chi connectivity index (χ1v) is 11.1. The van der Waals surface area contributed by atoms with Gasteiger partial charge in [0.05, 0.1) is 12.2 Å². The molecule has 0 N–H and O–H groups in total. The SMILES string of the molecule is Cc1cc(C)c(N2CCCn3c2nc(C(F)(F)F)c3CN(CC2CC2)CC(F)(F)F)c(C)c1. The average molecular weight is 474 g/mol. The normalized spacial score (nSPS) is 17.1. The van der Waals surface area contributed by atoms with E-state index in [2.05, 4.69) is 4.98 Å². The molecule has 0 unspecified atom stereocenters. The van der Waals surface area contributed by atoms with Gasteiger partial charge >= 0.3 is 12.4 Å². The average Bonchev–Trinajstić information content (AvgIpc) is 3.38. The highest BCUT2D eigenvalue weighted by atomic mass is 19.4. The van der Waals surface area contributed by atoms with Crippen molar-refractivity contribution in [3.8, 4) is 0 Å². The molecule has 1 aliphatic carbocycles. The molecule has 1 saturated carbocycles. The highest BCUT2D eigenvalue weighted by molar-refractivity contribution is 5.68. The highest BCUT2D eigenvalue weighted by Gasteiger charge is 2.42. The van der Waals surface area contributed by atoms with E-state index in [0.29, 0.717) is 13.0 Å². The molecule has 2 aliphatic rings. The molecule has 0 amide bonds. The van der Waals surface area contributed by atoms with Crippen LogP contribution in [0.2, 0.25) is 0 Å². The zero-order valence-electron chi connectivity index (χ0n) is 18.9. The summed E-state index contributed by atoms with van der Waals surface area (Å²) in [6.45, 7) is 5.02. The first kappa shape index (κ1) is 23.9. The summed E-state index contributed by atoms with van der Waals surface area (Å²) in [7, 11) is 0. The first-order valence-electron chi connectivity index (χ1n) is 11.1. The van der Waals surface area contributed by atoms with Gasteiger partial charge < -0.3 is 9.47 Å². The van der Waals surface area contributed by atoms with Crippen LogP contribution in [0.4, 0.5) is 38.0 Å². The highest BCUT2D eigenvalue weighted by Crippen LogP contribution is 2.41. The molecule has 0 radical (unpaired) electrons. The van der Waals surface area contributed by atoms with E-state index in [4.69, 9.17) is 0 Å². The summed E-state index contributed by atoms with van der Waals surface area (Å²) >= 11 is 0. The Hall–Kier alpha value is -2.23. The monoisotopic (exact) mass is 474 g/mol. The maximum absolute atomic E-state index is 14.0. The number of aryl methyl sites for hydroxylation is 3. The molecule has 0 bridgehead atoms. The standard InChI is InChI=1S/C23H28F6N4/c1-14-9-15(2)19(16(3)10-14)33-8-4-7-32-18(20(23(27,28)29)30-21(32)33)12-31(11-17-5-6-17)13-22(24,25)26/h9-10,17H,4-8,11-13H2,1-3H3. The summed E-state index contributed by atoms with van der Waals surface area (Å²) in [4.78, 5) is 6.86. The third-order valence-corrected chi connectivity index (χ3v) is 6.22. The number of anilines is 2. The van der Waals surface area contributed by atoms with Crippen LogP contribution < -0.4 is 4.90 Å². The molecule has 1 aromatic heterocycles. The van der Waals surface area contributed by atoms with Crippen molar-refractivity contribution in [2.45, 2.75) is 65.5 Å². The van der Waals surface area contributed by atoms with Gasteiger partial charge in [-0.2, -0.15) is 26.3 Å². The molecule has 182 valence electrons. The van der Waals surface area contributed by atoms with Crippen LogP contribution in [-0.2, 0) is 19.3 Å². The fourth-order valence-corrected chi connectivity index (χ4v) is 4.91. The van der Waals surface area contributed by atoms with Gasteiger partial charge in [0, 0.05) is 31.9 Å². The topological polar surface area (TPSA) is 24.3 Å². The summed E-state index contributed by atoms with van der Waals surface area (Å²) in [5, 5.41) is 0. The molecule has 0 atom stereocenters. The predicted octanol–water partition coefficient (Wildman–Crippen LogP) is 6.14. The number of benzene rings is 1. The summed E-state index contributed by atoms with van der Waals surface area (Å²) in [6.07, 6.45) is -7.05. The van der Waals surface area contributed by atoms with Crippen molar-refractivity contribution in [3.05, 3.63) is 40.2 Å². The molecule has 4 rings (SSSR count). The lowest BCUT2D eigenvalue weighted by Gasteiger charge is -2.33. The lowest BCUT2D eigenvalue weighted by atomic mass is 10.0. The molecule has 4 nitrogen and oxygen atoms in total. The van der Waals surface area contributed by atoms with Crippen LogP contribution in [0.3, 0.4) is 0 Å². The number of hydrogen-bond donors (Lipinski definition) is 0. The van der Waals surface area contributed by atoms with E-state index in [0.717, 1.165) is 40.1 Å². The number of hydrogen-bond acceptors (Lipinski definition) is 3. The van der Waals surface area contributed by atoms with Crippen LogP contribution in [-0.4, -0.2) is 40.3 Å². The van der Waals surface area contributed by atoms with E-state index in [9.17, 15) is 26.3 Å². The van der Waals surface area contributed by atoms with E-state index in [1.807, 2.05) is 32.9 Å². The smallest absolute Gasteiger partial charge is 0.312 e. The third kappa shape index (κ3) is 5.31. The fourth-order valence-electron chi connectivity index (χ4n) is 4.91. The molecular formula is C23H28F6N4.